The third-order valence-electron chi connectivity index (χ3n) is 5.32. The highest BCUT2D eigenvalue weighted by Crippen LogP contribution is 2.32. The van der Waals surface area contributed by atoms with E-state index >= 15 is 0 Å². The summed E-state index contributed by atoms with van der Waals surface area (Å²) in [7, 11) is -0.893. The number of nitrogens with one attached hydrogen (secondary N) is 1. The number of sulfonamides is 1. The first-order chi connectivity index (χ1) is 14.9. The average Bonchev–Trinajstić information content (AvgIpc) is 2.80. The molecule has 2 aromatic rings. The van der Waals surface area contributed by atoms with Crippen LogP contribution in [0.2, 0.25) is 0 Å². The standard InChI is InChI=1S/C22H25N3O5S/c1-29-19-7-8-20(30-2)21(15-19)31(27,28)25-13-10-17(11-14-25)22(26)24-18-5-3-16(4-6-18)9-12-23/h3-8,15,17H,9-11,13-14H2,1-2H3,(H,24,26). The fraction of sp³-hybridized carbons (Fsp3) is 0.364. The van der Waals surface area contributed by atoms with Gasteiger partial charge in [0.15, 0.2) is 0 Å². The van der Waals surface area contributed by atoms with E-state index in [-0.39, 0.29) is 35.6 Å². The van der Waals surface area contributed by atoms with Crippen molar-refractivity contribution in [2.24, 2.45) is 5.92 Å². The number of rotatable bonds is 7. The molecule has 1 aliphatic heterocycles. The van der Waals surface area contributed by atoms with Gasteiger partial charge in [0.25, 0.3) is 0 Å². The van der Waals surface area contributed by atoms with Crippen LogP contribution in [-0.4, -0.2) is 45.9 Å². The van der Waals surface area contributed by atoms with Gasteiger partial charge in [-0.3, -0.25) is 4.79 Å². The summed E-state index contributed by atoms with van der Waals surface area (Å²) in [6, 6.07) is 13.9. The number of benzene rings is 2. The highest BCUT2D eigenvalue weighted by molar-refractivity contribution is 7.89. The van der Waals surface area contributed by atoms with Gasteiger partial charge in [-0.1, -0.05) is 12.1 Å². The zero-order valence-corrected chi connectivity index (χ0v) is 18.3. The highest BCUT2D eigenvalue weighted by Gasteiger charge is 2.34. The topological polar surface area (TPSA) is 109 Å². The lowest BCUT2D eigenvalue weighted by Gasteiger charge is -2.31. The number of amides is 1. The van der Waals surface area contributed by atoms with Crippen molar-refractivity contribution in [1.82, 2.24) is 4.31 Å². The molecule has 31 heavy (non-hydrogen) atoms. The van der Waals surface area contributed by atoms with Gasteiger partial charge in [0, 0.05) is 30.8 Å². The Balaban J connectivity index is 1.64. The molecule has 0 saturated carbocycles. The summed E-state index contributed by atoms with van der Waals surface area (Å²) >= 11 is 0. The number of nitriles is 1. The Morgan fingerprint density at radius 2 is 1.81 bits per heavy atom. The lowest BCUT2D eigenvalue weighted by atomic mass is 9.97. The van der Waals surface area contributed by atoms with Crippen molar-refractivity contribution in [3.8, 4) is 17.6 Å². The van der Waals surface area contributed by atoms with Crippen LogP contribution >= 0.6 is 0 Å². The first kappa shape index (κ1) is 22.6. The van der Waals surface area contributed by atoms with Gasteiger partial charge in [-0.2, -0.15) is 9.57 Å². The second-order valence-electron chi connectivity index (χ2n) is 7.22. The Morgan fingerprint density at radius 1 is 1.13 bits per heavy atom. The molecule has 0 radical (unpaired) electrons. The molecule has 1 fully saturated rings. The SMILES string of the molecule is COc1ccc(OC)c(S(=O)(=O)N2CCC(C(=O)Nc3ccc(CC#N)cc3)CC2)c1. The van der Waals surface area contributed by atoms with Gasteiger partial charge >= 0.3 is 0 Å². The molecule has 1 amide bonds. The van der Waals surface area contributed by atoms with Crippen LogP contribution in [0.3, 0.4) is 0 Å². The maximum atomic E-state index is 13.2. The van der Waals surface area contributed by atoms with Crippen LogP contribution in [0.15, 0.2) is 47.4 Å². The number of hydrogen-bond donors (Lipinski definition) is 1. The summed E-state index contributed by atoms with van der Waals surface area (Å²) in [4.78, 5) is 12.7. The fourth-order valence-corrected chi connectivity index (χ4v) is 5.16. The first-order valence-corrected chi connectivity index (χ1v) is 11.3. The predicted molar refractivity (Wildman–Crippen MR) is 115 cm³/mol. The van der Waals surface area contributed by atoms with E-state index in [4.69, 9.17) is 14.7 Å². The minimum Gasteiger partial charge on any atom is -0.497 e. The third-order valence-corrected chi connectivity index (χ3v) is 7.24. The van der Waals surface area contributed by atoms with Crippen LogP contribution in [0.25, 0.3) is 0 Å². The summed E-state index contributed by atoms with van der Waals surface area (Å²) in [5.74, 6) is 0.261. The Hall–Kier alpha value is -3.09. The van der Waals surface area contributed by atoms with E-state index in [0.29, 0.717) is 30.7 Å². The number of piperidine rings is 1. The average molecular weight is 444 g/mol. The number of methoxy groups -OCH3 is 2. The molecule has 1 heterocycles. The summed E-state index contributed by atoms with van der Waals surface area (Å²) in [5, 5.41) is 11.6. The zero-order chi connectivity index (χ0) is 22.4. The lowest BCUT2D eigenvalue weighted by molar-refractivity contribution is -0.120. The van der Waals surface area contributed by atoms with Gasteiger partial charge in [-0.05, 0) is 42.7 Å². The van der Waals surface area contributed by atoms with Crippen molar-refractivity contribution < 1.29 is 22.7 Å². The van der Waals surface area contributed by atoms with Crippen LogP contribution in [0.1, 0.15) is 18.4 Å². The predicted octanol–water partition coefficient (Wildman–Crippen LogP) is 2.81. The summed E-state index contributed by atoms with van der Waals surface area (Å²) in [5.41, 5.74) is 1.54. The van der Waals surface area contributed by atoms with Gasteiger partial charge in [0.2, 0.25) is 15.9 Å². The first-order valence-electron chi connectivity index (χ1n) is 9.88. The summed E-state index contributed by atoms with van der Waals surface area (Å²) in [6.07, 6.45) is 1.16. The smallest absolute Gasteiger partial charge is 0.246 e. The van der Waals surface area contributed by atoms with Crippen molar-refractivity contribution in [2.75, 3.05) is 32.6 Å². The zero-order valence-electron chi connectivity index (χ0n) is 17.5. The highest BCUT2D eigenvalue weighted by atomic mass is 32.2. The van der Waals surface area contributed by atoms with Crippen LogP contribution < -0.4 is 14.8 Å². The Bertz CT molecular complexity index is 1070. The van der Waals surface area contributed by atoms with Crippen molar-refractivity contribution >= 4 is 21.6 Å². The van der Waals surface area contributed by atoms with Crippen LogP contribution in [0, 0.1) is 17.2 Å². The summed E-state index contributed by atoms with van der Waals surface area (Å²) in [6.45, 7) is 0.476. The van der Waals surface area contributed by atoms with Crippen molar-refractivity contribution in [3.63, 3.8) is 0 Å². The molecule has 0 spiro atoms. The molecular weight excluding hydrogens is 418 g/mol. The molecule has 1 saturated heterocycles. The van der Waals surface area contributed by atoms with Crippen molar-refractivity contribution in [3.05, 3.63) is 48.0 Å². The fourth-order valence-electron chi connectivity index (χ4n) is 3.52. The molecule has 1 N–H and O–H groups in total. The molecule has 0 atom stereocenters. The number of hydrogen-bond acceptors (Lipinski definition) is 6. The number of nitrogens with zero attached hydrogens (tertiary/aromatic N) is 2. The van der Waals surface area contributed by atoms with Crippen LogP contribution in [0.5, 0.6) is 11.5 Å². The Morgan fingerprint density at radius 3 is 2.39 bits per heavy atom. The van der Waals surface area contributed by atoms with Crippen molar-refractivity contribution in [2.45, 2.75) is 24.2 Å². The summed E-state index contributed by atoms with van der Waals surface area (Å²) < 4.78 is 38.1. The largest absolute Gasteiger partial charge is 0.497 e. The molecule has 0 bridgehead atoms. The van der Waals surface area contributed by atoms with E-state index in [2.05, 4.69) is 11.4 Å². The maximum Gasteiger partial charge on any atom is 0.246 e. The van der Waals surface area contributed by atoms with Gasteiger partial charge < -0.3 is 14.8 Å². The molecule has 0 aliphatic carbocycles. The van der Waals surface area contributed by atoms with E-state index in [1.54, 1.807) is 36.4 Å². The minimum absolute atomic E-state index is 0.0507. The lowest BCUT2D eigenvalue weighted by Crippen LogP contribution is -2.41. The second kappa shape index (κ2) is 9.81. The molecule has 0 unspecified atom stereocenters. The normalized spacial score (nSPS) is 15.1. The van der Waals surface area contributed by atoms with Gasteiger partial charge in [0.1, 0.15) is 16.4 Å². The number of ether oxygens (including phenoxy) is 2. The third kappa shape index (κ3) is 5.16. The monoisotopic (exact) mass is 443 g/mol. The number of anilines is 1. The molecule has 0 aromatic heterocycles. The number of carbonyl (C=O) groups excluding carboxylic acids is 1. The number of carbonyl (C=O) groups is 1. The Kier molecular flexibility index (Phi) is 7.15. The minimum atomic E-state index is -3.79. The molecular formula is C22H25N3O5S. The van der Waals surface area contributed by atoms with E-state index < -0.39 is 10.0 Å². The van der Waals surface area contributed by atoms with Gasteiger partial charge in [0.05, 0.1) is 26.7 Å². The van der Waals surface area contributed by atoms with E-state index in [9.17, 15) is 13.2 Å². The molecule has 8 nitrogen and oxygen atoms in total. The molecule has 164 valence electrons. The van der Waals surface area contributed by atoms with Crippen LogP contribution in [-0.2, 0) is 21.2 Å². The van der Waals surface area contributed by atoms with Gasteiger partial charge in [-0.25, -0.2) is 8.42 Å². The quantitative estimate of drug-likeness (QED) is 0.705. The second-order valence-corrected chi connectivity index (χ2v) is 9.12. The van der Waals surface area contributed by atoms with E-state index in [1.165, 1.54) is 24.6 Å². The molecule has 1 aliphatic rings. The molecule has 3 rings (SSSR count). The molecule has 9 heteroatoms. The van der Waals surface area contributed by atoms with Crippen LogP contribution in [0.4, 0.5) is 5.69 Å². The maximum absolute atomic E-state index is 13.2. The van der Waals surface area contributed by atoms with E-state index in [0.717, 1.165) is 5.56 Å². The van der Waals surface area contributed by atoms with E-state index in [1.807, 2.05) is 0 Å². The van der Waals surface area contributed by atoms with Crippen molar-refractivity contribution in [1.29, 1.82) is 5.26 Å². The molecule has 2 aromatic carbocycles. The van der Waals surface area contributed by atoms with Gasteiger partial charge in [-0.15, -0.1) is 0 Å². The Labute approximate surface area is 182 Å².